The zero-order chi connectivity index (χ0) is 24.9. The fourth-order valence-electron chi connectivity index (χ4n) is 3.11. The Hall–Kier alpha value is -3.67. The molecule has 0 saturated heterocycles. The van der Waals surface area contributed by atoms with Crippen molar-refractivity contribution >= 4 is 17.3 Å². The summed E-state index contributed by atoms with van der Waals surface area (Å²) >= 11 is 0. The molecule has 0 fully saturated rings. The fourth-order valence-corrected chi connectivity index (χ4v) is 3.11. The van der Waals surface area contributed by atoms with E-state index in [0.29, 0.717) is 36.1 Å². The van der Waals surface area contributed by atoms with Crippen LogP contribution in [0, 0.1) is 5.92 Å². The van der Waals surface area contributed by atoms with E-state index in [9.17, 15) is 4.79 Å². The van der Waals surface area contributed by atoms with E-state index in [-0.39, 0.29) is 0 Å². The van der Waals surface area contributed by atoms with Gasteiger partial charge in [-0.05, 0) is 91.6 Å². The Morgan fingerprint density at radius 1 is 0.714 bits per heavy atom. The predicted octanol–water partition coefficient (Wildman–Crippen LogP) is 8.32. The van der Waals surface area contributed by atoms with Crippen LogP contribution in [-0.2, 0) is 0 Å². The van der Waals surface area contributed by atoms with E-state index in [2.05, 4.69) is 31.0 Å². The normalized spacial score (nSPS) is 11.1. The number of azo groups is 1. The molecule has 35 heavy (non-hydrogen) atoms. The van der Waals surface area contributed by atoms with Crippen molar-refractivity contribution in [2.75, 3.05) is 13.2 Å². The van der Waals surface area contributed by atoms with Crippen molar-refractivity contribution in [2.45, 2.75) is 46.5 Å². The maximum Gasteiger partial charge on any atom is 0.343 e. The van der Waals surface area contributed by atoms with Crippen LogP contribution in [0.5, 0.6) is 17.2 Å². The van der Waals surface area contributed by atoms with E-state index in [1.807, 2.05) is 24.3 Å². The highest BCUT2D eigenvalue weighted by Gasteiger charge is 2.09. The zero-order valence-electron chi connectivity index (χ0n) is 20.8. The maximum absolute atomic E-state index is 12.4. The van der Waals surface area contributed by atoms with Crippen LogP contribution >= 0.6 is 0 Å². The SMILES string of the molecule is CCCCCOc1ccc(C(=O)Oc2ccc(N=Nc3ccc(OCCC(C)C)cc3)cc2)cc1. The van der Waals surface area contributed by atoms with Crippen LogP contribution in [0.15, 0.2) is 83.0 Å². The molecule has 0 radical (unpaired) electrons. The van der Waals surface area contributed by atoms with Crippen LogP contribution in [0.2, 0.25) is 0 Å². The number of hydrogen-bond acceptors (Lipinski definition) is 6. The van der Waals surface area contributed by atoms with Gasteiger partial charge in [-0.3, -0.25) is 0 Å². The van der Waals surface area contributed by atoms with Gasteiger partial charge in [-0.25, -0.2) is 4.79 Å². The summed E-state index contributed by atoms with van der Waals surface area (Å²) in [5.74, 6) is 2.21. The molecule has 6 nitrogen and oxygen atoms in total. The lowest BCUT2D eigenvalue weighted by atomic mass is 10.1. The topological polar surface area (TPSA) is 69.5 Å². The Bertz CT molecular complexity index is 1060. The van der Waals surface area contributed by atoms with Crippen molar-refractivity contribution in [3.8, 4) is 17.2 Å². The molecule has 0 amide bonds. The monoisotopic (exact) mass is 474 g/mol. The Balaban J connectivity index is 1.48. The molecule has 0 saturated carbocycles. The molecule has 3 aromatic rings. The summed E-state index contributed by atoms with van der Waals surface area (Å²) in [6, 6.07) is 21.4. The van der Waals surface area contributed by atoms with Crippen LogP contribution in [0.4, 0.5) is 11.4 Å². The van der Waals surface area contributed by atoms with Gasteiger partial charge in [0.05, 0.1) is 30.2 Å². The van der Waals surface area contributed by atoms with Crippen molar-refractivity contribution in [3.63, 3.8) is 0 Å². The number of ether oxygens (including phenoxy) is 3. The number of carbonyl (C=O) groups excluding carboxylic acids is 1. The van der Waals surface area contributed by atoms with E-state index in [4.69, 9.17) is 14.2 Å². The lowest BCUT2D eigenvalue weighted by Crippen LogP contribution is -2.08. The first-order chi connectivity index (χ1) is 17.0. The van der Waals surface area contributed by atoms with Gasteiger partial charge in [0, 0.05) is 0 Å². The summed E-state index contributed by atoms with van der Waals surface area (Å²) in [6.45, 7) is 7.89. The van der Waals surface area contributed by atoms with Crippen molar-refractivity contribution < 1.29 is 19.0 Å². The standard InChI is InChI=1S/C29H34N2O4/c1-4-5-6-20-33-26-13-7-23(8-14-26)29(32)35-28-17-11-25(12-18-28)31-30-24-9-15-27(16-10-24)34-21-19-22(2)3/h7-18,22H,4-6,19-21H2,1-3H3. The van der Waals surface area contributed by atoms with Crippen LogP contribution in [-0.4, -0.2) is 19.2 Å². The average Bonchev–Trinajstić information content (AvgIpc) is 2.87. The Morgan fingerprint density at radius 2 is 1.23 bits per heavy atom. The largest absolute Gasteiger partial charge is 0.494 e. The van der Waals surface area contributed by atoms with E-state index in [1.165, 1.54) is 0 Å². The van der Waals surface area contributed by atoms with Gasteiger partial charge in [0.2, 0.25) is 0 Å². The van der Waals surface area contributed by atoms with Crippen molar-refractivity contribution in [3.05, 3.63) is 78.4 Å². The minimum atomic E-state index is -0.424. The lowest BCUT2D eigenvalue weighted by Gasteiger charge is -2.08. The third-order valence-corrected chi connectivity index (χ3v) is 5.24. The zero-order valence-corrected chi connectivity index (χ0v) is 20.8. The molecule has 0 atom stereocenters. The quantitative estimate of drug-likeness (QED) is 0.108. The Labute approximate surface area is 208 Å². The van der Waals surface area contributed by atoms with Crippen LogP contribution in [0.25, 0.3) is 0 Å². The second-order valence-electron chi connectivity index (χ2n) is 8.69. The summed E-state index contributed by atoms with van der Waals surface area (Å²) in [4.78, 5) is 12.4. The Morgan fingerprint density at radius 3 is 1.77 bits per heavy atom. The molecular weight excluding hydrogens is 440 g/mol. The average molecular weight is 475 g/mol. The van der Waals surface area contributed by atoms with Gasteiger partial charge < -0.3 is 14.2 Å². The van der Waals surface area contributed by atoms with Gasteiger partial charge in [0.1, 0.15) is 17.2 Å². The number of benzene rings is 3. The van der Waals surface area contributed by atoms with Crippen molar-refractivity contribution in [1.82, 2.24) is 0 Å². The van der Waals surface area contributed by atoms with Gasteiger partial charge in [0.15, 0.2) is 0 Å². The predicted molar refractivity (Wildman–Crippen MR) is 138 cm³/mol. The van der Waals surface area contributed by atoms with Crippen LogP contribution < -0.4 is 14.2 Å². The Kier molecular flexibility index (Phi) is 10.3. The first kappa shape index (κ1) is 25.9. The molecule has 0 bridgehead atoms. The summed E-state index contributed by atoms with van der Waals surface area (Å²) in [5.41, 5.74) is 1.85. The first-order valence-electron chi connectivity index (χ1n) is 12.2. The molecule has 3 rings (SSSR count). The molecule has 0 spiro atoms. The van der Waals surface area contributed by atoms with Gasteiger partial charge in [0.25, 0.3) is 0 Å². The van der Waals surface area contributed by atoms with E-state index >= 15 is 0 Å². The number of esters is 1. The van der Waals surface area contributed by atoms with Crippen LogP contribution in [0.3, 0.4) is 0 Å². The summed E-state index contributed by atoms with van der Waals surface area (Å²) in [6.07, 6.45) is 4.34. The van der Waals surface area contributed by atoms with Gasteiger partial charge in [-0.15, -0.1) is 0 Å². The second-order valence-corrected chi connectivity index (χ2v) is 8.69. The molecule has 0 aliphatic heterocycles. The highest BCUT2D eigenvalue weighted by atomic mass is 16.5. The summed E-state index contributed by atoms with van der Waals surface area (Å²) in [7, 11) is 0. The number of carbonyl (C=O) groups is 1. The maximum atomic E-state index is 12.4. The van der Waals surface area contributed by atoms with E-state index in [0.717, 1.165) is 42.9 Å². The molecule has 0 aliphatic rings. The highest BCUT2D eigenvalue weighted by Crippen LogP contribution is 2.24. The molecule has 6 heteroatoms. The van der Waals surface area contributed by atoms with E-state index in [1.54, 1.807) is 48.5 Å². The molecule has 0 aromatic heterocycles. The van der Waals surface area contributed by atoms with Crippen LogP contribution in [0.1, 0.15) is 56.8 Å². The van der Waals surface area contributed by atoms with Crippen molar-refractivity contribution in [1.29, 1.82) is 0 Å². The fraction of sp³-hybridized carbons (Fsp3) is 0.345. The molecular formula is C29H34N2O4. The molecule has 0 heterocycles. The van der Waals surface area contributed by atoms with Gasteiger partial charge in [-0.1, -0.05) is 33.6 Å². The number of unbranched alkanes of at least 4 members (excludes halogenated alkanes) is 2. The number of hydrogen-bond donors (Lipinski definition) is 0. The number of nitrogens with zero attached hydrogens (tertiary/aromatic N) is 2. The van der Waals surface area contributed by atoms with Crippen molar-refractivity contribution in [2.24, 2.45) is 16.1 Å². The smallest absolute Gasteiger partial charge is 0.343 e. The minimum Gasteiger partial charge on any atom is -0.494 e. The third kappa shape index (κ3) is 9.24. The second kappa shape index (κ2) is 13.9. The molecule has 0 N–H and O–H groups in total. The lowest BCUT2D eigenvalue weighted by molar-refractivity contribution is 0.0734. The molecule has 184 valence electrons. The molecule has 3 aromatic carbocycles. The van der Waals surface area contributed by atoms with Gasteiger partial charge >= 0.3 is 5.97 Å². The summed E-state index contributed by atoms with van der Waals surface area (Å²) < 4.78 is 16.9. The highest BCUT2D eigenvalue weighted by molar-refractivity contribution is 5.91. The van der Waals surface area contributed by atoms with Gasteiger partial charge in [-0.2, -0.15) is 10.2 Å². The number of rotatable bonds is 13. The first-order valence-corrected chi connectivity index (χ1v) is 12.2. The molecule has 0 unspecified atom stereocenters. The third-order valence-electron chi connectivity index (χ3n) is 5.24. The molecule has 0 aliphatic carbocycles. The summed E-state index contributed by atoms with van der Waals surface area (Å²) in [5, 5.41) is 8.50. The van der Waals surface area contributed by atoms with E-state index < -0.39 is 5.97 Å². The minimum absolute atomic E-state index is 0.424.